The molecule has 0 aliphatic rings. The number of hydrogen-bond acceptors (Lipinski definition) is 6. The van der Waals surface area contributed by atoms with Crippen LogP contribution in [0.5, 0.6) is 0 Å². The lowest BCUT2D eigenvalue weighted by atomic mass is 10.1. The fourth-order valence-electron chi connectivity index (χ4n) is 3.48. The number of carbonyl (C=O) groups excluding carboxylic acids is 1. The van der Waals surface area contributed by atoms with Gasteiger partial charge in [-0.1, -0.05) is 6.07 Å². The number of carbonyl (C=O) groups is 1. The number of fused-ring (bicyclic) bond motifs is 2. The van der Waals surface area contributed by atoms with Gasteiger partial charge in [0.1, 0.15) is 23.4 Å². The molecule has 9 nitrogen and oxygen atoms in total. The molecular formula is C22H27N7O2. The lowest BCUT2D eigenvalue weighted by Gasteiger charge is -2.19. The Kier molecular flexibility index (Phi) is 5.50. The van der Waals surface area contributed by atoms with Gasteiger partial charge in [0.2, 0.25) is 0 Å². The summed E-state index contributed by atoms with van der Waals surface area (Å²) >= 11 is 0. The lowest BCUT2D eigenvalue weighted by molar-refractivity contribution is 0.0527. The van der Waals surface area contributed by atoms with Crippen molar-refractivity contribution < 1.29 is 9.53 Å². The van der Waals surface area contributed by atoms with Crippen LogP contribution >= 0.6 is 0 Å². The van der Waals surface area contributed by atoms with Crippen LogP contribution in [0.3, 0.4) is 0 Å². The fourth-order valence-corrected chi connectivity index (χ4v) is 3.48. The molecule has 1 aromatic carbocycles. The largest absolute Gasteiger partial charge is 0.444 e. The Bertz CT molecular complexity index is 1220. The number of anilines is 1. The third kappa shape index (κ3) is 4.60. The zero-order valence-electron chi connectivity index (χ0n) is 18.0. The van der Waals surface area contributed by atoms with Gasteiger partial charge in [-0.25, -0.2) is 19.4 Å². The molecule has 0 saturated heterocycles. The summed E-state index contributed by atoms with van der Waals surface area (Å²) in [5.74, 6) is 0.409. The maximum atomic E-state index is 11.8. The number of aromatic amines is 1. The molecule has 0 bridgehead atoms. The van der Waals surface area contributed by atoms with Crippen molar-refractivity contribution in [2.45, 2.75) is 45.8 Å². The minimum Gasteiger partial charge on any atom is -0.444 e. The number of nitrogens with one attached hydrogen (secondary N) is 2. The number of nitrogen functional groups attached to an aromatic ring is 1. The first kappa shape index (κ1) is 20.6. The van der Waals surface area contributed by atoms with Crippen LogP contribution in [0, 0.1) is 0 Å². The van der Waals surface area contributed by atoms with Gasteiger partial charge in [0.15, 0.2) is 5.65 Å². The maximum absolute atomic E-state index is 11.8. The number of alkyl carbamates (subject to hydrolysis) is 1. The molecular weight excluding hydrogens is 394 g/mol. The van der Waals surface area contributed by atoms with E-state index in [0.29, 0.717) is 24.6 Å². The normalized spacial score (nSPS) is 11.8. The standard InChI is InChI=1S/C22H27N7O2/c1-22(2,3)31-21(30)25-9-4-5-11-29-20-17(19(23)26-13-27-20)18(28-29)15-6-7-16-14(12-15)8-10-24-16/h6-8,10,12-13,24H,4-5,9,11H2,1-3H3,(H,25,30)(H2,23,26,27). The summed E-state index contributed by atoms with van der Waals surface area (Å²) in [5, 5.41) is 9.44. The second-order valence-corrected chi connectivity index (χ2v) is 8.44. The van der Waals surface area contributed by atoms with E-state index in [4.69, 9.17) is 15.6 Å². The molecule has 0 atom stereocenters. The SMILES string of the molecule is CC(C)(C)OC(=O)NCCCCn1nc(-c2ccc3[nH]ccc3c2)c2c(N)ncnc21. The highest BCUT2D eigenvalue weighted by Gasteiger charge is 2.18. The van der Waals surface area contributed by atoms with Gasteiger partial charge >= 0.3 is 6.09 Å². The Labute approximate surface area is 180 Å². The number of H-pyrrole nitrogens is 1. The van der Waals surface area contributed by atoms with Crippen molar-refractivity contribution in [3.05, 3.63) is 36.8 Å². The van der Waals surface area contributed by atoms with Crippen LogP contribution in [0.25, 0.3) is 33.2 Å². The number of rotatable bonds is 6. The zero-order chi connectivity index (χ0) is 22.0. The second kappa shape index (κ2) is 8.25. The molecule has 162 valence electrons. The Morgan fingerprint density at radius 3 is 2.87 bits per heavy atom. The predicted molar refractivity (Wildman–Crippen MR) is 120 cm³/mol. The number of nitrogens with zero attached hydrogens (tertiary/aromatic N) is 4. The van der Waals surface area contributed by atoms with Crippen LogP contribution < -0.4 is 11.1 Å². The van der Waals surface area contributed by atoms with Gasteiger partial charge in [-0.3, -0.25) is 0 Å². The molecule has 4 N–H and O–H groups in total. The average Bonchev–Trinajstić information content (AvgIpc) is 3.31. The van der Waals surface area contributed by atoms with Gasteiger partial charge < -0.3 is 20.8 Å². The molecule has 4 aromatic rings. The number of hydrogen-bond donors (Lipinski definition) is 3. The molecule has 3 heterocycles. The van der Waals surface area contributed by atoms with Gasteiger partial charge in [-0.15, -0.1) is 0 Å². The van der Waals surface area contributed by atoms with E-state index in [9.17, 15) is 4.79 Å². The highest BCUT2D eigenvalue weighted by molar-refractivity contribution is 5.99. The quantitative estimate of drug-likeness (QED) is 0.406. The van der Waals surface area contributed by atoms with Crippen LogP contribution in [-0.4, -0.2) is 43.0 Å². The third-order valence-electron chi connectivity index (χ3n) is 4.85. The number of amides is 1. The van der Waals surface area contributed by atoms with E-state index in [-0.39, 0.29) is 0 Å². The maximum Gasteiger partial charge on any atom is 0.407 e. The molecule has 0 spiro atoms. The van der Waals surface area contributed by atoms with Crippen LogP contribution in [0.15, 0.2) is 36.8 Å². The van der Waals surface area contributed by atoms with Gasteiger partial charge in [0.05, 0.1) is 5.39 Å². The molecule has 0 aliphatic carbocycles. The van der Waals surface area contributed by atoms with E-state index in [0.717, 1.165) is 40.4 Å². The second-order valence-electron chi connectivity index (χ2n) is 8.44. The summed E-state index contributed by atoms with van der Waals surface area (Å²) in [5.41, 5.74) is 9.18. The van der Waals surface area contributed by atoms with Crippen LogP contribution in [0.2, 0.25) is 0 Å². The van der Waals surface area contributed by atoms with Gasteiger partial charge in [-0.2, -0.15) is 5.10 Å². The van der Waals surface area contributed by atoms with Crippen LogP contribution in [0.4, 0.5) is 10.6 Å². The van der Waals surface area contributed by atoms with Crippen LogP contribution in [-0.2, 0) is 11.3 Å². The third-order valence-corrected chi connectivity index (χ3v) is 4.85. The van der Waals surface area contributed by atoms with Crippen molar-refractivity contribution in [3.63, 3.8) is 0 Å². The van der Waals surface area contributed by atoms with E-state index < -0.39 is 11.7 Å². The Morgan fingerprint density at radius 2 is 2.06 bits per heavy atom. The monoisotopic (exact) mass is 421 g/mol. The molecule has 3 aromatic heterocycles. The summed E-state index contributed by atoms with van der Waals surface area (Å²) in [7, 11) is 0. The Morgan fingerprint density at radius 1 is 1.23 bits per heavy atom. The van der Waals surface area contributed by atoms with Crippen molar-refractivity contribution in [2.24, 2.45) is 0 Å². The number of benzene rings is 1. The molecule has 0 radical (unpaired) electrons. The summed E-state index contributed by atoms with van der Waals surface area (Å²) in [4.78, 5) is 23.5. The van der Waals surface area contributed by atoms with Crippen molar-refractivity contribution in [1.29, 1.82) is 0 Å². The Balaban J connectivity index is 1.49. The highest BCUT2D eigenvalue weighted by atomic mass is 16.6. The number of nitrogens with two attached hydrogens (primary N) is 1. The van der Waals surface area contributed by atoms with Crippen LogP contribution in [0.1, 0.15) is 33.6 Å². The van der Waals surface area contributed by atoms with E-state index in [2.05, 4.69) is 26.3 Å². The molecule has 4 rings (SSSR count). The number of aryl methyl sites for hydroxylation is 1. The summed E-state index contributed by atoms with van der Waals surface area (Å²) in [6, 6.07) is 8.14. The van der Waals surface area contributed by atoms with Crippen molar-refractivity contribution >= 4 is 33.8 Å². The van der Waals surface area contributed by atoms with Gasteiger partial charge in [-0.05, 0) is 51.8 Å². The Hall–Kier alpha value is -3.62. The molecule has 9 heteroatoms. The minimum atomic E-state index is -0.502. The highest BCUT2D eigenvalue weighted by Crippen LogP contribution is 2.31. The molecule has 0 unspecified atom stereocenters. The van der Waals surface area contributed by atoms with E-state index >= 15 is 0 Å². The number of unbranched alkanes of at least 4 members (excludes halogenated alkanes) is 1. The summed E-state index contributed by atoms with van der Waals surface area (Å²) in [6.07, 6.45) is 4.56. The number of ether oxygens (including phenoxy) is 1. The molecule has 31 heavy (non-hydrogen) atoms. The van der Waals surface area contributed by atoms with E-state index in [1.165, 1.54) is 6.33 Å². The van der Waals surface area contributed by atoms with Gasteiger partial charge in [0, 0.05) is 35.8 Å². The minimum absolute atomic E-state index is 0.403. The van der Waals surface area contributed by atoms with Crippen molar-refractivity contribution in [3.8, 4) is 11.3 Å². The smallest absolute Gasteiger partial charge is 0.407 e. The van der Waals surface area contributed by atoms with Crippen molar-refractivity contribution in [2.75, 3.05) is 12.3 Å². The molecule has 0 fully saturated rings. The first-order valence-corrected chi connectivity index (χ1v) is 10.3. The average molecular weight is 422 g/mol. The molecule has 0 saturated carbocycles. The zero-order valence-corrected chi connectivity index (χ0v) is 18.0. The topological polar surface area (TPSA) is 124 Å². The first-order valence-electron chi connectivity index (χ1n) is 10.3. The number of aromatic nitrogens is 5. The first-order chi connectivity index (χ1) is 14.8. The van der Waals surface area contributed by atoms with Crippen molar-refractivity contribution in [1.82, 2.24) is 30.0 Å². The fraction of sp³-hybridized carbons (Fsp3) is 0.364. The lowest BCUT2D eigenvalue weighted by Crippen LogP contribution is -2.33. The predicted octanol–water partition coefficient (Wildman–Crippen LogP) is 3.86. The summed E-state index contributed by atoms with van der Waals surface area (Å²) < 4.78 is 7.11. The molecule has 1 amide bonds. The summed E-state index contributed by atoms with van der Waals surface area (Å²) in [6.45, 7) is 6.70. The van der Waals surface area contributed by atoms with Gasteiger partial charge in [0.25, 0.3) is 0 Å². The van der Waals surface area contributed by atoms with E-state index in [1.807, 2.05) is 49.8 Å². The van der Waals surface area contributed by atoms with E-state index in [1.54, 1.807) is 0 Å². The molecule has 0 aliphatic heterocycles.